The summed E-state index contributed by atoms with van der Waals surface area (Å²) < 4.78 is 5.12. The zero-order valence-corrected chi connectivity index (χ0v) is 13.2. The summed E-state index contributed by atoms with van der Waals surface area (Å²) in [7, 11) is 0. The zero-order valence-electron chi connectivity index (χ0n) is 12.5. The summed E-state index contributed by atoms with van der Waals surface area (Å²) in [6.07, 6.45) is 4.69. The van der Waals surface area contributed by atoms with E-state index in [-0.39, 0.29) is 0 Å². The van der Waals surface area contributed by atoms with Gasteiger partial charge in [0.15, 0.2) is 6.29 Å². The minimum Gasteiger partial charge on any atom is -0.444 e. The Morgan fingerprint density at radius 2 is 2.05 bits per heavy atom. The molecule has 1 aromatic carbocycles. The summed E-state index contributed by atoms with van der Waals surface area (Å²) in [6, 6.07) is 5.13. The molecule has 0 radical (unpaired) electrons. The van der Waals surface area contributed by atoms with Gasteiger partial charge in [0.2, 0.25) is 0 Å². The van der Waals surface area contributed by atoms with Crippen molar-refractivity contribution < 1.29 is 14.3 Å². The summed E-state index contributed by atoms with van der Waals surface area (Å²) in [5.74, 6) is 0. The van der Waals surface area contributed by atoms with E-state index in [9.17, 15) is 9.59 Å². The third kappa shape index (κ3) is 6.95. The second-order valence-corrected chi connectivity index (χ2v) is 5.95. The molecule has 0 aromatic heterocycles. The van der Waals surface area contributed by atoms with Gasteiger partial charge in [-0.15, -0.1) is 0 Å². The summed E-state index contributed by atoms with van der Waals surface area (Å²) in [6.45, 7) is 5.91. The van der Waals surface area contributed by atoms with E-state index in [1.807, 2.05) is 32.9 Å². The largest absolute Gasteiger partial charge is 0.444 e. The highest BCUT2D eigenvalue weighted by atomic mass is 35.5. The van der Waals surface area contributed by atoms with Crippen LogP contribution in [-0.4, -0.2) is 24.5 Å². The Morgan fingerprint density at radius 1 is 1.33 bits per heavy atom. The highest BCUT2D eigenvalue weighted by Gasteiger charge is 2.15. The standard InChI is InChI=1S/C16H20ClNO3/c1-16(2,3)21-15(20)18-9-5-4-6-12-7-8-14(17)10-13(12)11-19/h4,6-8,10-11H,5,9H2,1-3H3,(H,18,20). The van der Waals surface area contributed by atoms with Gasteiger partial charge in [0.05, 0.1) is 0 Å². The van der Waals surface area contributed by atoms with Crippen molar-refractivity contribution in [3.8, 4) is 0 Å². The topological polar surface area (TPSA) is 55.4 Å². The molecule has 0 atom stereocenters. The molecule has 0 aliphatic rings. The molecule has 1 N–H and O–H groups in total. The van der Waals surface area contributed by atoms with Crippen LogP contribution in [0.5, 0.6) is 0 Å². The first-order valence-corrected chi connectivity index (χ1v) is 7.08. The molecule has 4 nitrogen and oxygen atoms in total. The minimum absolute atomic E-state index is 0.434. The van der Waals surface area contributed by atoms with E-state index in [1.54, 1.807) is 18.2 Å². The maximum Gasteiger partial charge on any atom is 0.407 e. The molecule has 0 saturated carbocycles. The first-order valence-electron chi connectivity index (χ1n) is 6.70. The monoisotopic (exact) mass is 309 g/mol. The van der Waals surface area contributed by atoms with Crippen molar-refractivity contribution in [3.05, 3.63) is 40.4 Å². The third-order valence-electron chi connectivity index (χ3n) is 2.45. The molecule has 1 amide bonds. The first kappa shape index (κ1) is 17.2. The molecule has 0 aliphatic carbocycles. The molecule has 1 rings (SSSR count). The van der Waals surface area contributed by atoms with E-state index in [0.717, 1.165) is 11.8 Å². The van der Waals surface area contributed by atoms with Crippen LogP contribution >= 0.6 is 11.6 Å². The summed E-state index contributed by atoms with van der Waals surface area (Å²) in [4.78, 5) is 22.3. The molecule has 21 heavy (non-hydrogen) atoms. The van der Waals surface area contributed by atoms with Gasteiger partial charge in [-0.1, -0.05) is 29.8 Å². The molecule has 0 fully saturated rings. The van der Waals surface area contributed by atoms with Crippen LogP contribution < -0.4 is 5.32 Å². The number of alkyl carbamates (subject to hydrolysis) is 1. The molecule has 0 saturated heterocycles. The van der Waals surface area contributed by atoms with E-state index in [4.69, 9.17) is 16.3 Å². The van der Waals surface area contributed by atoms with Crippen LogP contribution in [0.25, 0.3) is 6.08 Å². The molecule has 0 bridgehead atoms. The van der Waals surface area contributed by atoms with Gasteiger partial charge in [-0.05, 0) is 44.9 Å². The van der Waals surface area contributed by atoms with Crippen molar-refractivity contribution in [2.75, 3.05) is 6.54 Å². The van der Waals surface area contributed by atoms with E-state index in [1.165, 1.54) is 0 Å². The van der Waals surface area contributed by atoms with Gasteiger partial charge in [0.25, 0.3) is 0 Å². The molecule has 0 heterocycles. The zero-order chi connectivity index (χ0) is 15.9. The van der Waals surface area contributed by atoms with Crippen LogP contribution in [0.4, 0.5) is 4.79 Å². The number of benzene rings is 1. The van der Waals surface area contributed by atoms with Crippen molar-refractivity contribution in [1.82, 2.24) is 5.32 Å². The molecule has 0 aliphatic heterocycles. The third-order valence-corrected chi connectivity index (χ3v) is 2.69. The van der Waals surface area contributed by atoms with Gasteiger partial charge in [0.1, 0.15) is 5.60 Å². The number of hydrogen-bond donors (Lipinski definition) is 1. The smallest absolute Gasteiger partial charge is 0.407 e. The number of hydrogen-bond acceptors (Lipinski definition) is 3. The lowest BCUT2D eigenvalue weighted by molar-refractivity contribution is 0.0528. The van der Waals surface area contributed by atoms with Crippen molar-refractivity contribution >= 4 is 30.1 Å². The first-order chi connectivity index (χ1) is 9.81. The number of carbonyl (C=O) groups excluding carboxylic acids is 2. The summed E-state index contributed by atoms with van der Waals surface area (Å²) in [5, 5.41) is 3.19. The van der Waals surface area contributed by atoms with E-state index in [2.05, 4.69) is 5.32 Å². The van der Waals surface area contributed by atoms with Gasteiger partial charge in [0, 0.05) is 17.1 Å². The highest BCUT2D eigenvalue weighted by Crippen LogP contribution is 2.16. The van der Waals surface area contributed by atoms with E-state index in [0.29, 0.717) is 23.6 Å². The van der Waals surface area contributed by atoms with Crippen LogP contribution in [0.15, 0.2) is 24.3 Å². The number of nitrogens with one attached hydrogen (secondary N) is 1. The van der Waals surface area contributed by atoms with Crippen LogP contribution in [-0.2, 0) is 4.74 Å². The van der Waals surface area contributed by atoms with Gasteiger partial charge >= 0.3 is 6.09 Å². The Bertz CT molecular complexity index is 533. The highest BCUT2D eigenvalue weighted by molar-refractivity contribution is 6.30. The summed E-state index contributed by atoms with van der Waals surface area (Å²) in [5.41, 5.74) is 0.841. The second kappa shape index (κ2) is 7.84. The number of carbonyl (C=O) groups is 2. The SMILES string of the molecule is CC(C)(C)OC(=O)NCCC=Cc1ccc(Cl)cc1C=O. The fourth-order valence-corrected chi connectivity index (χ4v) is 1.76. The predicted octanol–water partition coefficient (Wildman–Crippen LogP) is 4.08. The van der Waals surface area contributed by atoms with Crippen molar-refractivity contribution in [2.45, 2.75) is 32.8 Å². The molecule has 1 aromatic rings. The Kier molecular flexibility index (Phi) is 6.43. The second-order valence-electron chi connectivity index (χ2n) is 5.51. The lowest BCUT2D eigenvalue weighted by Gasteiger charge is -2.19. The lowest BCUT2D eigenvalue weighted by atomic mass is 10.1. The van der Waals surface area contributed by atoms with Crippen molar-refractivity contribution in [1.29, 1.82) is 0 Å². The fraction of sp³-hybridized carbons (Fsp3) is 0.375. The molecular weight excluding hydrogens is 290 g/mol. The average molecular weight is 310 g/mol. The molecule has 5 heteroatoms. The van der Waals surface area contributed by atoms with Crippen LogP contribution in [0.2, 0.25) is 5.02 Å². The van der Waals surface area contributed by atoms with Crippen LogP contribution in [0, 0.1) is 0 Å². The molecular formula is C16H20ClNO3. The Hall–Kier alpha value is -1.81. The Labute approximate surface area is 130 Å². The fourth-order valence-electron chi connectivity index (χ4n) is 1.58. The maximum atomic E-state index is 11.4. The number of rotatable bonds is 5. The molecule has 0 spiro atoms. The lowest BCUT2D eigenvalue weighted by Crippen LogP contribution is -2.32. The van der Waals surface area contributed by atoms with Crippen LogP contribution in [0.1, 0.15) is 43.1 Å². The van der Waals surface area contributed by atoms with E-state index >= 15 is 0 Å². The van der Waals surface area contributed by atoms with Crippen molar-refractivity contribution in [2.24, 2.45) is 0 Å². The average Bonchev–Trinajstić information content (AvgIpc) is 2.37. The van der Waals surface area contributed by atoms with E-state index < -0.39 is 11.7 Å². The number of ether oxygens (including phenoxy) is 1. The predicted molar refractivity (Wildman–Crippen MR) is 84.7 cm³/mol. The molecule has 114 valence electrons. The minimum atomic E-state index is -0.498. The van der Waals surface area contributed by atoms with Gasteiger partial charge in [-0.3, -0.25) is 4.79 Å². The van der Waals surface area contributed by atoms with Gasteiger partial charge in [-0.2, -0.15) is 0 Å². The maximum absolute atomic E-state index is 11.4. The number of halogens is 1. The number of amides is 1. The number of aldehydes is 1. The Balaban J connectivity index is 2.42. The normalized spacial score (nSPS) is 11.4. The van der Waals surface area contributed by atoms with Crippen molar-refractivity contribution in [3.63, 3.8) is 0 Å². The van der Waals surface area contributed by atoms with Gasteiger partial charge < -0.3 is 10.1 Å². The quantitative estimate of drug-likeness (QED) is 0.658. The molecule has 0 unspecified atom stereocenters. The Morgan fingerprint density at radius 3 is 2.67 bits per heavy atom. The summed E-state index contributed by atoms with van der Waals surface area (Å²) >= 11 is 5.82. The van der Waals surface area contributed by atoms with Gasteiger partial charge in [-0.25, -0.2) is 4.79 Å². The van der Waals surface area contributed by atoms with Crippen LogP contribution in [0.3, 0.4) is 0 Å².